The average molecular weight is 289 g/mol. The van der Waals surface area contributed by atoms with Crippen molar-refractivity contribution in [1.29, 1.82) is 0 Å². The predicted octanol–water partition coefficient (Wildman–Crippen LogP) is 3.39. The van der Waals surface area contributed by atoms with Gasteiger partial charge in [0.05, 0.1) is 6.42 Å². The summed E-state index contributed by atoms with van der Waals surface area (Å²) in [4.78, 5) is 9.88. The molecule has 0 saturated carbocycles. The van der Waals surface area contributed by atoms with E-state index < -0.39 is 23.1 Å². The Labute approximate surface area is 110 Å². The number of thiophene rings is 1. The van der Waals surface area contributed by atoms with Crippen molar-refractivity contribution in [1.82, 2.24) is 0 Å². The predicted molar refractivity (Wildman–Crippen MR) is 66.0 cm³/mol. The second-order valence-corrected chi connectivity index (χ2v) is 5.19. The molecule has 0 aliphatic heterocycles. The van der Waals surface area contributed by atoms with E-state index in [9.17, 15) is 18.0 Å². The first-order chi connectivity index (χ1) is 8.77. The summed E-state index contributed by atoms with van der Waals surface area (Å²) >= 11 is 0.656. The molecule has 2 rings (SSSR count). The van der Waals surface area contributed by atoms with Crippen LogP contribution < -0.4 is 5.73 Å². The summed E-state index contributed by atoms with van der Waals surface area (Å²) in [5.74, 6) is -1.05. The Morgan fingerprint density at radius 1 is 1.37 bits per heavy atom. The molecule has 0 spiro atoms. The molecule has 0 amide bonds. The molecular weight excluding hydrogens is 279 g/mol. The van der Waals surface area contributed by atoms with Gasteiger partial charge in [0.1, 0.15) is 4.88 Å². The number of carboxylic acids is 1. The van der Waals surface area contributed by atoms with Crippen LogP contribution in [0.1, 0.15) is 22.9 Å². The minimum Gasteiger partial charge on any atom is -0.481 e. The Balaban J connectivity index is 2.38. The molecule has 1 aromatic carbocycles. The van der Waals surface area contributed by atoms with Gasteiger partial charge in [-0.05, 0) is 29.1 Å². The van der Waals surface area contributed by atoms with Crippen LogP contribution in [0.25, 0.3) is 10.1 Å². The molecule has 3 N–H and O–H groups in total. The summed E-state index contributed by atoms with van der Waals surface area (Å²) in [6.07, 6.45) is -4.63. The quantitative estimate of drug-likeness (QED) is 0.910. The number of benzene rings is 1. The average Bonchev–Trinajstić information content (AvgIpc) is 2.69. The zero-order valence-electron chi connectivity index (χ0n) is 9.57. The molecule has 1 aromatic heterocycles. The lowest BCUT2D eigenvalue weighted by atomic mass is 10.0. The van der Waals surface area contributed by atoms with Crippen molar-refractivity contribution < 1.29 is 23.1 Å². The summed E-state index contributed by atoms with van der Waals surface area (Å²) in [6.45, 7) is 0. The number of alkyl halides is 3. The van der Waals surface area contributed by atoms with Gasteiger partial charge in [-0.25, -0.2) is 0 Å². The van der Waals surface area contributed by atoms with Gasteiger partial charge in [-0.2, -0.15) is 13.2 Å². The van der Waals surface area contributed by atoms with Gasteiger partial charge in [0.25, 0.3) is 0 Å². The molecule has 0 fully saturated rings. The lowest BCUT2D eigenvalue weighted by Gasteiger charge is -2.08. The molecule has 3 nitrogen and oxygen atoms in total. The van der Waals surface area contributed by atoms with Crippen LogP contribution >= 0.6 is 11.3 Å². The molecule has 1 heterocycles. The fourth-order valence-electron chi connectivity index (χ4n) is 1.74. The van der Waals surface area contributed by atoms with Gasteiger partial charge in [0.15, 0.2) is 0 Å². The van der Waals surface area contributed by atoms with E-state index in [-0.39, 0.29) is 6.42 Å². The topological polar surface area (TPSA) is 63.3 Å². The SMILES string of the molecule is NC(CC(=O)O)c1ccc2sc(C(F)(F)F)cc2c1. The van der Waals surface area contributed by atoms with Crippen molar-refractivity contribution >= 4 is 27.4 Å². The van der Waals surface area contributed by atoms with E-state index in [1.165, 1.54) is 12.1 Å². The van der Waals surface area contributed by atoms with Crippen LogP contribution in [0.2, 0.25) is 0 Å². The highest BCUT2D eigenvalue weighted by Crippen LogP contribution is 2.38. The van der Waals surface area contributed by atoms with E-state index in [4.69, 9.17) is 10.8 Å². The number of aliphatic carboxylic acids is 1. The summed E-state index contributed by atoms with van der Waals surface area (Å²) < 4.78 is 38.2. The molecule has 102 valence electrons. The van der Waals surface area contributed by atoms with E-state index in [0.29, 0.717) is 27.0 Å². The fourth-order valence-corrected chi connectivity index (χ4v) is 2.65. The van der Waals surface area contributed by atoms with Crippen LogP contribution in [0.15, 0.2) is 24.3 Å². The van der Waals surface area contributed by atoms with Gasteiger partial charge in [-0.1, -0.05) is 6.07 Å². The third-order valence-electron chi connectivity index (χ3n) is 2.64. The Bertz CT molecular complexity index is 621. The molecule has 0 aliphatic rings. The fraction of sp³-hybridized carbons (Fsp3) is 0.250. The summed E-state index contributed by atoms with van der Waals surface area (Å²) in [7, 11) is 0. The number of carbonyl (C=O) groups is 1. The highest BCUT2D eigenvalue weighted by molar-refractivity contribution is 7.19. The van der Waals surface area contributed by atoms with E-state index in [0.717, 1.165) is 6.07 Å². The lowest BCUT2D eigenvalue weighted by Crippen LogP contribution is -2.14. The minimum atomic E-state index is -4.37. The number of hydrogen-bond acceptors (Lipinski definition) is 3. The van der Waals surface area contributed by atoms with Crippen molar-refractivity contribution in [2.75, 3.05) is 0 Å². The van der Waals surface area contributed by atoms with Crippen LogP contribution in [0, 0.1) is 0 Å². The molecule has 1 atom stereocenters. The zero-order chi connectivity index (χ0) is 14.2. The summed E-state index contributed by atoms with van der Waals surface area (Å²) in [5.41, 5.74) is 6.20. The van der Waals surface area contributed by atoms with E-state index in [2.05, 4.69) is 0 Å². The minimum absolute atomic E-state index is 0.262. The van der Waals surface area contributed by atoms with E-state index in [1.807, 2.05) is 0 Å². The maximum Gasteiger partial charge on any atom is 0.425 e. The van der Waals surface area contributed by atoms with Gasteiger partial charge in [0, 0.05) is 10.7 Å². The molecule has 0 aliphatic carbocycles. The monoisotopic (exact) mass is 289 g/mol. The first kappa shape index (κ1) is 13.8. The van der Waals surface area contributed by atoms with Crippen molar-refractivity contribution in [3.63, 3.8) is 0 Å². The van der Waals surface area contributed by atoms with Crippen molar-refractivity contribution in [2.24, 2.45) is 5.73 Å². The molecule has 19 heavy (non-hydrogen) atoms. The largest absolute Gasteiger partial charge is 0.481 e. The second kappa shape index (κ2) is 4.82. The van der Waals surface area contributed by atoms with Crippen molar-refractivity contribution in [3.8, 4) is 0 Å². The molecule has 2 aromatic rings. The molecule has 0 bridgehead atoms. The van der Waals surface area contributed by atoms with Crippen LogP contribution in [-0.2, 0) is 11.0 Å². The van der Waals surface area contributed by atoms with Crippen LogP contribution in [0.4, 0.5) is 13.2 Å². The van der Waals surface area contributed by atoms with Crippen molar-refractivity contribution in [2.45, 2.75) is 18.6 Å². The third-order valence-corrected chi connectivity index (χ3v) is 3.80. The Morgan fingerprint density at radius 3 is 2.63 bits per heavy atom. The number of carboxylic acid groups (broad SMARTS) is 1. The standard InChI is InChI=1S/C12H10F3NO2S/c13-12(14,15)10-4-7-3-6(1-2-9(7)19-10)8(16)5-11(17)18/h1-4,8H,5,16H2,(H,17,18). The number of nitrogens with two attached hydrogens (primary N) is 1. The molecule has 0 radical (unpaired) electrons. The Morgan fingerprint density at radius 2 is 2.05 bits per heavy atom. The van der Waals surface area contributed by atoms with Gasteiger partial charge < -0.3 is 10.8 Å². The van der Waals surface area contributed by atoms with Gasteiger partial charge in [-0.3, -0.25) is 4.79 Å². The maximum absolute atomic E-state index is 12.6. The van der Waals surface area contributed by atoms with Crippen LogP contribution in [-0.4, -0.2) is 11.1 Å². The number of halogens is 3. The van der Waals surface area contributed by atoms with Gasteiger partial charge >= 0.3 is 12.1 Å². The molecule has 1 unspecified atom stereocenters. The summed E-state index contributed by atoms with van der Waals surface area (Å²) in [5, 5.41) is 9.07. The highest BCUT2D eigenvalue weighted by atomic mass is 32.1. The first-order valence-electron chi connectivity index (χ1n) is 5.35. The number of fused-ring (bicyclic) bond motifs is 1. The normalized spacial score (nSPS) is 13.7. The zero-order valence-corrected chi connectivity index (χ0v) is 10.4. The summed E-state index contributed by atoms with van der Waals surface area (Å²) in [6, 6.07) is 4.93. The van der Waals surface area contributed by atoms with Crippen LogP contribution in [0.5, 0.6) is 0 Å². The molecule has 7 heteroatoms. The van der Waals surface area contributed by atoms with E-state index >= 15 is 0 Å². The second-order valence-electron chi connectivity index (χ2n) is 4.11. The lowest BCUT2D eigenvalue weighted by molar-refractivity contribution is -0.137. The molecule has 0 saturated heterocycles. The molecular formula is C12H10F3NO2S. The van der Waals surface area contributed by atoms with Gasteiger partial charge in [0.2, 0.25) is 0 Å². The first-order valence-corrected chi connectivity index (χ1v) is 6.17. The van der Waals surface area contributed by atoms with Crippen LogP contribution in [0.3, 0.4) is 0 Å². The third kappa shape index (κ3) is 3.05. The maximum atomic E-state index is 12.6. The number of rotatable bonds is 3. The highest BCUT2D eigenvalue weighted by Gasteiger charge is 2.32. The Hall–Kier alpha value is -1.60. The Kier molecular flexibility index (Phi) is 3.51. The van der Waals surface area contributed by atoms with E-state index in [1.54, 1.807) is 6.07 Å². The number of hydrogen-bond donors (Lipinski definition) is 2. The van der Waals surface area contributed by atoms with Gasteiger partial charge in [-0.15, -0.1) is 11.3 Å². The van der Waals surface area contributed by atoms with Crippen molar-refractivity contribution in [3.05, 3.63) is 34.7 Å². The smallest absolute Gasteiger partial charge is 0.425 e.